The van der Waals surface area contributed by atoms with Crippen molar-refractivity contribution >= 4 is 48.3 Å². The fourth-order valence-electron chi connectivity index (χ4n) is 9.29. The number of anilines is 1. The minimum Gasteiger partial charge on any atom is -0.507 e. The van der Waals surface area contributed by atoms with E-state index < -0.39 is 60.2 Å². The van der Waals surface area contributed by atoms with Crippen molar-refractivity contribution in [3.8, 4) is 22.8 Å². The van der Waals surface area contributed by atoms with Crippen LogP contribution in [-0.2, 0) is 27.0 Å². The first-order chi connectivity index (χ1) is 30.0. The Morgan fingerprint density at radius 1 is 0.891 bits per heavy atom. The molecule has 0 spiro atoms. The van der Waals surface area contributed by atoms with Gasteiger partial charge in [0.1, 0.15) is 23.5 Å². The number of ketones is 2. The monoisotopic (exact) mass is 885 g/mol. The van der Waals surface area contributed by atoms with Crippen LogP contribution in [0.3, 0.4) is 0 Å². The quantitative estimate of drug-likeness (QED) is 0.0652. The molecule has 0 unspecified atom stereocenters. The van der Waals surface area contributed by atoms with Gasteiger partial charge in [-0.05, 0) is 123 Å². The number of nitrogens with zero attached hydrogens (tertiary/aromatic N) is 3. The van der Waals surface area contributed by atoms with Crippen LogP contribution in [0, 0.1) is 11.8 Å². The molecule has 336 valence electrons. The fourth-order valence-corrected chi connectivity index (χ4v) is 10.7. The summed E-state index contributed by atoms with van der Waals surface area (Å²) >= 11 is 0. The van der Waals surface area contributed by atoms with E-state index in [1.54, 1.807) is 20.8 Å². The number of aliphatic hydroxyl groups excluding tert-OH is 1. The lowest BCUT2D eigenvalue weighted by Crippen LogP contribution is -2.68. The van der Waals surface area contributed by atoms with Crippen molar-refractivity contribution in [1.82, 2.24) is 10.1 Å². The first-order valence-corrected chi connectivity index (χ1v) is 24.8. The highest BCUT2D eigenvalue weighted by atomic mass is 28.4. The van der Waals surface area contributed by atoms with E-state index >= 15 is 9.59 Å². The van der Waals surface area contributed by atoms with E-state index in [2.05, 4.69) is 25.9 Å². The van der Waals surface area contributed by atoms with Crippen molar-refractivity contribution in [2.24, 2.45) is 11.8 Å². The summed E-state index contributed by atoms with van der Waals surface area (Å²) in [5.41, 5.74) is 1.70. The van der Waals surface area contributed by atoms with Gasteiger partial charge in [-0.2, -0.15) is 0 Å². The van der Waals surface area contributed by atoms with Crippen LogP contribution in [-0.4, -0.2) is 80.6 Å². The number of aromatic nitrogens is 1. The maximum atomic E-state index is 16.1. The number of ether oxygens (including phenoxy) is 3. The average molecular weight is 886 g/mol. The Kier molecular flexibility index (Phi) is 11.2. The first-order valence-electron chi connectivity index (χ1n) is 21.9. The van der Waals surface area contributed by atoms with Gasteiger partial charge in [0.05, 0.1) is 11.6 Å². The van der Waals surface area contributed by atoms with Gasteiger partial charge in [-0.15, -0.1) is 0 Å². The van der Waals surface area contributed by atoms with Gasteiger partial charge in [0.15, 0.2) is 25.4 Å². The third-order valence-electron chi connectivity index (χ3n) is 13.4. The second-order valence-corrected chi connectivity index (χ2v) is 25.1. The summed E-state index contributed by atoms with van der Waals surface area (Å²) in [5.74, 6) is -2.52. The molecule has 13 heteroatoms. The van der Waals surface area contributed by atoms with Crippen LogP contribution in [0.5, 0.6) is 11.6 Å². The van der Waals surface area contributed by atoms with Crippen molar-refractivity contribution in [2.75, 3.05) is 33.1 Å². The van der Waals surface area contributed by atoms with E-state index in [1.165, 1.54) is 0 Å². The number of hydrogen-bond donors (Lipinski definition) is 1. The fraction of sp³-hybridized carbons (Fsp3) is 0.412. The summed E-state index contributed by atoms with van der Waals surface area (Å²) in [5, 5.41) is 18.0. The molecule has 0 saturated heterocycles. The number of aliphatic hydroxyl groups is 1. The van der Waals surface area contributed by atoms with Crippen LogP contribution in [0.2, 0.25) is 18.1 Å². The molecule has 8 rings (SSSR count). The number of Topliss-reactive ketones (excluding diaryl/α,β-unsaturated/α-hetero) is 2. The van der Waals surface area contributed by atoms with E-state index in [4.69, 9.17) is 23.2 Å². The third-order valence-corrected chi connectivity index (χ3v) is 17.8. The molecule has 1 aromatic heterocycles. The lowest BCUT2D eigenvalue weighted by molar-refractivity contribution is -0.140. The van der Waals surface area contributed by atoms with Crippen molar-refractivity contribution in [2.45, 2.75) is 96.4 Å². The molecule has 64 heavy (non-hydrogen) atoms. The molecule has 0 amide bonds. The molecular formula is C51H59N3O9Si. The predicted octanol–water partition coefficient (Wildman–Crippen LogP) is 10.7. The van der Waals surface area contributed by atoms with Crippen LogP contribution in [0.15, 0.2) is 89.0 Å². The number of rotatable bonds is 9. The zero-order chi connectivity index (χ0) is 46.3. The summed E-state index contributed by atoms with van der Waals surface area (Å²) in [6.07, 6.45) is -0.365. The maximum Gasteiger partial charge on any atom is 0.514 e. The Hall–Kier alpha value is -5.76. The minimum atomic E-state index is -2.98. The highest BCUT2D eigenvalue weighted by Crippen LogP contribution is 2.59. The Labute approximate surface area is 376 Å². The highest BCUT2D eigenvalue weighted by molar-refractivity contribution is 6.74. The minimum absolute atomic E-state index is 0.0267. The van der Waals surface area contributed by atoms with E-state index in [9.17, 15) is 9.90 Å². The summed E-state index contributed by atoms with van der Waals surface area (Å²) in [4.78, 5) is 49.4. The van der Waals surface area contributed by atoms with Gasteiger partial charge in [0.25, 0.3) is 5.88 Å². The zero-order valence-electron chi connectivity index (χ0n) is 38.9. The maximum absolute atomic E-state index is 16.1. The largest absolute Gasteiger partial charge is 0.514 e. The van der Waals surface area contributed by atoms with Gasteiger partial charge in [0, 0.05) is 36.7 Å². The highest BCUT2D eigenvalue weighted by Gasteiger charge is 2.69. The Morgan fingerprint density at radius 2 is 1.56 bits per heavy atom. The first kappa shape index (κ1) is 44.8. The molecule has 0 radical (unpaired) electrons. The van der Waals surface area contributed by atoms with Crippen molar-refractivity contribution in [3.05, 3.63) is 112 Å². The van der Waals surface area contributed by atoms with Crippen LogP contribution < -0.4 is 14.4 Å². The molecule has 1 heterocycles. The summed E-state index contributed by atoms with van der Waals surface area (Å²) in [6.45, 7) is 15.5. The Morgan fingerprint density at radius 3 is 2.19 bits per heavy atom. The van der Waals surface area contributed by atoms with Crippen LogP contribution in [0.4, 0.5) is 10.5 Å². The van der Waals surface area contributed by atoms with Gasteiger partial charge in [-0.25, -0.2) is 4.79 Å². The molecule has 4 aromatic carbocycles. The molecule has 3 aliphatic carbocycles. The SMILES string of the molecule is CN(C)c1ccc(-c2ccc3cc4c(c(OC(=O)OC(C)(C)C)c3c2)C(O)=C2C(=O)[C@]3(O[Si](C)(C)C(C)(C)C)C(=O)c5c(OCc6ccccc6)noc5[C@@H](N(C)C)[C@@H]3C[C@@H]2C4)cc1. The van der Waals surface area contributed by atoms with Crippen LogP contribution in [0.25, 0.3) is 27.7 Å². The molecule has 5 aromatic rings. The molecule has 1 saturated carbocycles. The number of fused-ring (bicyclic) bond motifs is 5. The van der Waals surface area contributed by atoms with Crippen molar-refractivity contribution < 1.29 is 42.6 Å². The molecule has 1 fully saturated rings. The molecule has 1 N–H and O–H groups in total. The smallest absolute Gasteiger partial charge is 0.507 e. The third kappa shape index (κ3) is 7.70. The number of benzene rings is 4. The Bertz CT molecular complexity index is 2690. The van der Waals surface area contributed by atoms with Crippen LogP contribution >= 0.6 is 0 Å². The second kappa shape index (κ2) is 16.0. The van der Waals surface area contributed by atoms with Gasteiger partial charge in [-0.3, -0.25) is 14.5 Å². The lowest BCUT2D eigenvalue weighted by atomic mass is 9.57. The Balaban J connectivity index is 1.33. The predicted molar refractivity (Wildman–Crippen MR) is 249 cm³/mol. The lowest BCUT2D eigenvalue weighted by Gasteiger charge is -2.55. The average Bonchev–Trinajstić information content (AvgIpc) is 3.63. The normalized spacial score (nSPS) is 21.0. The molecule has 0 aliphatic heterocycles. The molecule has 0 bridgehead atoms. The standard InChI is InChI=1S/C51H59N3O9Si/c1-49(2,3)61-48(58)60-43-36-26-31(30-20-22-35(23-21-30)53(7)8)18-19-32(36)24-33-25-34-27-37-41(54(9)10)44-40(47(52-62-44)59-28-29-16-14-13-15-17-29)46(57)51(37,63-64(11,12)50(4,5)6)45(56)39(34)42(55)38(33)43/h13-24,26,34,37,41,55H,25,27-28H2,1-12H3/t34-,37-,41-,51-/m0/s1. The summed E-state index contributed by atoms with van der Waals surface area (Å²) in [7, 11) is 4.75. The van der Waals surface area contributed by atoms with Gasteiger partial charge < -0.3 is 33.2 Å². The van der Waals surface area contributed by atoms with E-state index in [-0.39, 0.29) is 47.1 Å². The number of hydrogen-bond acceptors (Lipinski definition) is 12. The topological polar surface area (TPSA) is 141 Å². The van der Waals surface area contributed by atoms with E-state index in [0.29, 0.717) is 23.1 Å². The molecule has 3 aliphatic rings. The summed E-state index contributed by atoms with van der Waals surface area (Å²) < 4.78 is 31.4. The molecular weight excluding hydrogens is 827 g/mol. The van der Waals surface area contributed by atoms with Crippen molar-refractivity contribution in [1.29, 1.82) is 0 Å². The molecule has 12 nitrogen and oxygen atoms in total. The van der Waals surface area contributed by atoms with E-state index in [1.807, 2.05) is 130 Å². The van der Waals surface area contributed by atoms with Crippen LogP contribution in [0.1, 0.15) is 86.8 Å². The van der Waals surface area contributed by atoms with Gasteiger partial charge >= 0.3 is 6.16 Å². The number of carbonyl (C=O) groups excluding carboxylic acids is 3. The summed E-state index contributed by atoms with van der Waals surface area (Å²) in [6, 6.07) is 24.9. The second-order valence-electron chi connectivity index (χ2n) is 20.4. The molecule has 4 atom stereocenters. The van der Waals surface area contributed by atoms with Gasteiger partial charge in [-0.1, -0.05) is 81.4 Å². The van der Waals surface area contributed by atoms with Gasteiger partial charge in [0.2, 0.25) is 11.6 Å². The number of carbonyl (C=O) groups is 3. The van der Waals surface area contributed by atoms with E-state index in [0.717, 1.165) is 27.8 Å². The zero-order valence-corrected chi connectivity index (χ0v) is 39.9. The van der Waals surface area contributed by atoms with Crippen molar-refractivity contribution in [3.63, 3.8) is 0 Å².